The molecule has 218 valence electrons. The second kappa shape index (κ2) is 14.2. The molecule has 10 heteroatoms. The summed E-state index contributed by atoms with van der Waals surface area (Å²) in [5.74, 6) is 1.57. The fraction of sp³-hybridized carbons (Fsp3) is 0.724. The molecule has 1 aromatic rings. The Kier molecular flexibility index (Phi) is 10.7. The Hall–Kier alpha value is -2.56. The third-order valence-electron chi connectivity index (χ3n) is 7.76. The standard InChI is InChI=1S/C29H45N3O7/c1-20(2)31(28(33)21-6-9-26(36-4)27(14-21)38-12-5-11-35-3)17-22-15-30-16-23(22)18-32(24-7-8-24)29(34)39-25-10-13-37-19-25/h6,9,14,20,22-25,30H,5,7-8,10-13,15-19H2,1-4H3/t22-,23-,25+/m0/s1. The zero-order valence-electron chi connectivity index (χ0n) is 23.9. The van der Waals surface area contributed by atoms with Crippen LogP contribution < -0.4 is 14.8 Å². The molecule has 0 unspecified atom stereocenters. The summed E-state index contributed by atoms with van der Waals surface area (Å²) in [6.07, 6.45) is 3.16. The summed E-state index contributed by atoms with van der Waals surface area (Å²) in [6.45, 7) is 9.14. The minimum absolute atomic E-state index is 0.0128. The summed E-state index contributed by atoms with van der Waals surface area (Å²) in [6, 6.07) is 5.61. The Morgan fingerprint density at radius 3 is 2.46 bits per heavy atom. The van der Waals surface area contributed by atoms with Crippen LogP contribution in [0.25, 0.3) is 0 Å². The van der Waals surface area contributed by atoms with E-state index in [-0.39, 0.29) is 42.0 Å². The molecule has 0 bridgehead atoms. The fourth-order valence-electron chi connectivity index (χ4n) is 5.30. The molecule has 1 aliphatic carbocycles. The van der Waals surface area contributed by atoms with Crippen molar-refractivity contribution in [2.45, 2.75) is 57.7 Å². The Labute approximate surface area is 232 Å². The number of nitrogens with zero attached hydrogens (tertiary/aromatic N) is 2. The predicted octanol–water partition coefficient (Wildman–Crippen LogP) is 3.19. The smallest absolute Gasteiger partial charge is 0.410 e. The molecule has 4 rings (SSSR count). The number of hydrogen-bond acceptors (Lipinski definition) is 8. The molecule has 0 aromatic heterocycles. The van der Waals surface area contributed by atoms with E-state index >= 15 is 0 Å². The number of benzene rings is 1. The van der Waals surface area contributed by atoms with Crippen LogP contribution in [-0.2, 0) is 14.2 Å². The molecule has 2 amide bonds. The van der Waals surface area contributed by atoms with Gasteiger partial charge in [-0.1, -0.05) is 0 Å². The monoisotopic (exact) mass is 547 g/mol. The lowest BCUT2D eigenvalue weighted by molar-refractivity contribution is 0.0454. The third kappa shape index (κ3) is 7.99. The molecule has 0 radical (unpaired) electrons. The highest BCUT2D eigenvalue weighted by atomic mass is 16.6. The molecule has 2 heterocycles. The van der Waals surface area contributed by atoms with Crippen LogP contribution in [0, 0.1) is 11.8 Å². The van der Waals surface area contributed by atoms with Gasteiger partial charge in [-0.3, -0.25) is 4.79 Å². The average Bonchev–Trinajstić information content (AvgIpc) is 3.45. The number of ether oxygens (including phenoxy) is 5. The van der Waals surface area contributed by atoms with Gasteiger partial charge < -0.3 is 38.8 Å². The van der Waals surface area contributed by atoms with E-state index in [9.17, 15) is 9.59 Å². The first-order chi connectivity index (χ1) is 18.9. The maximum atomic E-state index is 13.7. The van der Waals surface area contributed by atoms with Crippen molar-refractivity contribution in [3.63, 3.8) is 0 Å². The molecule has 3 aliphatic rings. The molecule has 1 N–H and O–H groups in total. The molecule has 1 saturated carbocycles. The number of amides is 2. The van der Waals surface area contributed by atoms with Crippen LogP contribution in [-0.4, -0.2) is 107 Å². The minimum Gasteiger partial charge on any atom is -0.493 e. The van der Waals surface area contributed by atoms with Crippen molar-refractivity contribution >= 4 is 12.0 Å². The maximum Gasteiger partial charge on any atom is 0.410 e. The van der Waals surface area contributed by atoms with E-state index in [2.05, 4.69) is 5.32 Å². The average molecular weight is 548 g/mol. The largest absolute Gasteiger partial charge is 0.493 e. The Morgan fingerprint density at radius 1 is 1.05 bits per heavy atom. The SMILES string of the molecule is COCCCOc1cc(C(=O)N(C[C@@H]2CNC[C@H]2CN(C(=O)O[C@@H]2CCOC2)C2CC2)C(C)C)ccc1OC. The molecule has 2 aliphatic heterocycles. The van der Waals surface area contributed by atoms with Gasteiger partial charge in [-0.2, -0.15) is 0 Å². The fourth-order valence-corrected chi connectivity index (χ4v) is 5.30. The van der Waals surface area contributed by atoms with Gasteiger partial charge in [0.25, 0.3) is 5.91 Å². The first-order valence-corrected chi connectivity index (χ1v) is 14.3. The van der Waals surface area contributed by atoms with Crippen LogP contribution >= 0.6 is 0 Å². The highest BCUT2D eigenvalue weighted by Gasteiger charge is 2.40. The van der Waals surface area contributed by atoms with Gasteiger partial charge in [-0.05, 0) is 56.7 Å². The molecular weight excluding hydrogens is 502 g/mol. The van der Waals surface area contributed by atoms with Crippen LogP contribution in [0.5, 0.6) is 11.5 Å². The lowest BCUT2D eigenvalue weighted by atomic mass is 9.94. The molecule has 2 saturated heterocycles. The van der Waals surface area contributed by atoms with Crippen molar-refractivity contribution < 1.29 is 33.3 Å². The predicted molar refractivity (Wildman–Crippen MR) is 146 cm³/mol. The van der Waals surface area contributed by atoms with Crippen molar-refractivity contribution in [3.05, 3.63) is 23.8 Å². The Bertz CT molecular complexity index is 949. The van der Waals surface area contributed by atoms with Crippen molar-refractivity contribution in [1.82, 2.24) is 15.1 Å². The van der Waals surface area contributed by atoms with E-state index in [4.69, 9.17) is 23.7 Å². The number of carbonyl (C=O) groups excluding carboxylic acids is 2. The van der Waals surface area contributed by atoms with Gasteiger partial charge in [0, 0.05) is 70.4 Å². The van der Waals surface area contributed by atoms with E-state index in [0.29, 0.717) is 56.6 Å². The van der Waals surface area contributed by atoms with Crippen molar-refractivity contribution in [2.75, 3.05) is 66.8 Å². The molecule has 10 nitrogen and oxygen atoms in total. The third-order valence-corrected chi connectivity index (χ3v) is 7.76. The highest BCUT2D eigenvalue weighted by Crippen LogP contribution is 2.32. The van der Waals surface area contributed by atoms with Gasteiger partial charge >= 0.3 is 6.09 Å². The number of methoxy groups -OCH3 is 2. The number of hydrogen-bond donors (Lipinski definition) is 1. The molecular formula is C29H45N3O7. The lowest BCUT2D eigenvalue weighted by Crippen LogP contribution is -2.45. The van der Waals surface area contributed by atoms with Crippen LogP contribution in [0.3, 0.4) is 0 Å². The zero-order chi connectivity index (χ0) is 27.8. The van der Waals surface area contributed by atoms with Gasteiger partial charge in [0.05, 0.1) is 26.9 Å². The van der Waals surface area contributed by atoms with Gasteiger partial charge in [0.2, 0.25) is 0 Å². The van der Waals surface area contributed by atoms with Gasteiger partial charge in [0.15, 0.2) is 11.5 Å². The number of nitrogens with one attached hydrogen (secondary N) is 1. The zero-order valence-corrected chi connectivity index (χ0v) is 23.9. The van der Waals surface area contributed by atoms with Crippen molar-refractivity contribution in [1.29, 1.82) is 0 Å². The van der Waals surface area contributed by atoms with E-state index in [1.54, 1.807) is 32.4 Å². The van der Waals surface area contributed by atoms with Gasteiger partial charge in [-0.25, -0.2) is 4.79 Å². The minimum atomic E-state index is -0.230. The Morgan fingerprint density at radius 2 is 1.82 bits per heavy atom. The first kappa shape index (κ1) is 29.4. The summed E-state index contributed by atoms with van der Waals surface area (Å²) in [5, 5.41) is 3.50. The quantitative estimate of drug-likeness (QED) is 0.355. The summed E-state index contributed by atoms with van der Waals surface area (Å²) in [4.78, 5) is 30.6. The van der Waals surface area contributed by atoms with Crippen LogP contribution in [0.2, 0.25) is 0 Å². The maximum absolute atomic E-state index is 13.7. The second-order valence-corrected chi connectivity index (χ2v) is 11.0. The topological polar surface area (TPSA) is 98.8 Å². The first-order valence-electron chi connectivity index (χ1n) is 14.3. The van der Waals surface area contributed by atoms with E-state index in [1.165, 1.54) is 0 Å². The van der Waals surface area contributed by atoms with Gasteiger partial charge in [0.1, 0.15) is 6.10 Å². The molecule has 3 fully saturated rings. The van der Waals surface area contributed by atoms with Crippen molar-refractivity contribution in [2.24, 2.45) is 11.8 Å². The van der Waals surface area contributed by atoms with E-state index in [1.807, 2.05) is 23.6 Å². The van der Waals surface area contributed by atoms with Crippen LogP contribution in [0.1, 0.15) is 49.9 Å². The Balaban J connectivity index is 1.41. The molecule has 39 heavy (non-hydrogen) atoms. The normalized spacial score (nSPS) is 22.6. The van der Waals surface area contributed by atoms with Crippen LogP contribution in [0.15, 0.2) is 18.2 Å². The summed E-state index contributed by atoms with van der Waals surface area (Å²) < 4.78 is 27.6. The summed E-state index contributed by atoms with van der Waals surface area (Å²) in [7, 11) is 3.25. The van der Waals surface area contributed by atoms with Crippen molar-refractivity contribution in [3.8, 4) is 11.5 Å². The van der Waals surface area contributed by atoms with Crippen LogP contribution in [0.4, 0.5) is 4.79 Å². The second-order valence-electron chi connectivity index (χ2n) is 11.0. The molecule has 0 spiro atoms. The number of carbonyl (C=O) groups is 2. The van der Waals surface area contributed by atoms with E-state index < -0.39 is 0 Å². The summed E-state index contributed by atoms with van der Waals surface area (Å²) in [5.41, 5.74) is 0.565. The number of rotatable bonds is 14. The highest BCUT2D eigenvalue weighted by molar-refractivity contribution is 5.95. The molecule has 3 atom stereocenters. The summed E-state index contributed by atoms with van der Waals surface area (Å²) >= 11 is 0. The molecule has 1 aromatic carbocycles. The van der Waals surface area contributed by atoms with Gasteiger partial charge in [-0.15, -0.1) is 0 Å². The van der Waals surface area contributed by atoms with E-state index in [0.717, 1.165) is 38.8 Å². The lowest BCUT2D eigenvalue weighted by Gasteiger charge is -2.33.